The molecule has 1 unspecified atom stereocenters. The third-order valence-electron chi connectivity index (χ3n) is 5.91. The fourth-order valence-electron chi connectivity index (χ4n) is 3.99. The Morgan fingerprint density at radius 2 is 1.83 bits per heavy atom. The second-order valence-corrected chi connectivity index (χ2v) is 8.49. The van der Waals surface area contributed by atoms with Gasteiger partial charge in [0.2, 0.25) is 12.2 Å². The number of fused-ring (bicyclic) bond motifs is 1. The van der Waals surface area contributed by atoms with Crippen molar-refractivity contribution >= 4 is 22.5 Å². The highest BCUT2D eigenvalue weighted by atomic mass is 19.4. The number of aliphatic imine (C=N–C) groups is 1. The van der Waals surface area contributed by atoms with Crippen molar-refractivity contribution in [1.29, 1.82) is 0 Å². The number of nitrogens with one attached hydrogen (secondary N) is 2. The molecule has 0 saturated carbocycles. The van der Waals surface area contributed by atoms with E-state index in [0.717, 1.165) is 40.0 Å². The van der Waals surface area contributed by atoms with Crippen molar-refractivity contribution in [1.82, 2.24) is 20.0 Å². The van der Waals surface area contributed by atoms with Gasteiger partial charge in [0.05, 0.1) is 5.52 Å². The number of hydrogen-bond donors (Lipinski definition) is 2. The van der Waals surface area contributed by atoms with E-state index in [1.54, 1.807) is 17.8 Å². The number of rotatable bonds is 3. The number of benzene rings is 1. The fraction of sp³-hybridized carbons (Fsp3) is 0.200. The number of aryl methyl sites for hydroxylation is 3. The van der Waals surface area contributed by atoms with E-state index >= 15 is 0 Å². The van der Waals surface area contributed by atoms with Gasteiger partial charge in [-0.05, 0) is 55.3 Å². The third kappa shape index (κ3) is 4.40. The number of alkyl halides is 3. The van der Waals surface area contributed by atoms with Crippen LogP contribution in [0.3, 0.4) is 0 Å². The fourth-order valence-corrected chi connectivity index (χ4v) is 3.99. The summed E-state index contributed by atoms with van der Waals surface area (Å²) in [5.74, 6) is 0.265. The molecule has 1 aliphatic rings. The van der Waals surface area contributed by atoms with Gasteiger partial charge >= 0.3 is 6.18 Å². The summed E-state index contributed by atoms with van der Waals surface area (Å²) < 4.78 is 39.9. The Kier molecular flexibility index (Phi) is 5.71. The van der Waals surface area contributed by atoms with E-state index in [1.165, 1.54) is 6.07 Å². The summed E-state index contributed by atoms with van der Waals surface area (Å²) in [6.07, 6.45) is -2.56. The minimum atomic E-state index is -4.52. The van der Waals surface area contributed by atoms with Gasteiger partial charge in [-0.2, -0.15) is 13.2 Å². The lowest BCUT2D eigenvalue weighted by Gasteiger charge is -2.13. The molecule has 2 N–H and O–H groups in total. The second-order valence-electron chi connectivity index (χ2n) is 8.49. The molecule has 5 rings (SSSR count). The summed E-state index contributed by atoms with van der Waals surface area (Å²) in [6.45, 7) is 3.79. The highest BCUT2D eigenvalue weighted by Crippen LogP contribution is 2.30. The van der Waals surface area contributed by atoms with Crippen molar-refractivity contribution < 1.29 is 18.0 Å². The lowest BCUT2D eigenvalue weighted by molar-refractivity contribution is -0.141. The van der Waals surface area contributed by atoms with E-state index in [4.69, 9.17) is 4.84 Å². The average Bonchev–Trinajstić information content (AvgIpc) is 3.31. The molecule has 1 atom stereocenters. The predicted octanol–water partition coefficient (Wildman–Crippen LogP) is 4.63. The molecular formula is C25H21F3N6O2. The van der Waals surface area contributed by atoms with Crippen molar-refractivity contribution in [2.75, 3.05) is 5.32 Å². The molecule has 3 aromatic heterocycles. The number of aromatic nitrogens is 3. The minimum Gasteiger partial charge on any atom is -0.325 e. The van der Waals surface area contributed by atoms with Gasteiger partial charge in [-0.3, -0.25) is 14.8 Å². The van der Waals surface area contributed by atoms with Crippen molar-refractivity contribution in [3.8, 4) is 11.1 Å². The average molecular weight is 494 g/mol. The van der Waals surface area contributed by atoms with E-state index in [9.17, 15) is 18.0 Å². The molecule has 184 valence electrons. The molecule has 0 radical (unpaired) electrons. The maximum atomic E-state index is 13.2. The van der Waals surface area contributed by atoms with Gasteiger partial charge in [0.25, 0.3) is 5.56 Å². The Labute approximate surface area is 203 Å². The first-order chi connectivity index (χ1) is 17.1. The number of guanidine groups is 1. The monoisotopic (exact) mass is 494 g/mol. The molecule has 0 fully saturated rings. The largest absolute Gasteiger partial charge is 0.433 e. The lowest BCUT2D eigenvalue weighted by atomic mass is 9.99. The Morgan fingerprint density at radius 1 is 1.03 bits per heavy atom. The van der Waals surface area contributed by atoms with Gasteiger partial charge in [0.15, 0.2) is 0 Å². The molecule has 11 heteroatoms. The van der Waals surface area contributed by atoms with Gasteiger partial charge in [0.1, 0.15) is 5.69 Å². The topological polar surface area (TPSA) is 93.4 Å². The summed E-state index contributed by atoms with van der Waals surface area (Å²) >= 11 is 0. The number of halogens is 3. The summed E-state index contributed by atoms with van der Waals surface area (Å²) in [5.41, 5.74) is 6.32. The van der Waals surface area contributed by atoms with Crippen LogP contribution in [0.2, 0.25) is 0 Å². The molecule has 0 aliphatic carbocycles. The quantitative estimate of drug-likeness (QED) is 0.431. The lowest BCUT2D eigenvalue weighted by Crippen LogP contribution is -2.25. The van der Waals surface area contributed by atoms with E-state index in [-0.39, 0.29) is 11.5 Å². The molecule has 8 nitrogen and oxygen atoms in total. The van der Waals surface area contributed by atoms with Crippen LogP contribution in [-0.2, 0) is 18.1 Å². The van der Waals surface area contributed by atoms with E-state index in [2.05, 4.69) is 25.8 Å². The molecule has 4 aromatic rings. The van der Waals surface area contributed by atoms with Crippen LogP contribution >= 0.6 is 0 Å². The van der Waals surface area contributed by atoms with E-state index in [1.807, 2.05) is 44.2 Å². The third-order valence-corrected chi connectivity index (χ3v) is 5.91. The van der Waals surface area contributed by atoms with Crippen molar-refractivity contribution in [3.05, 3.63) is 87.7 Å². The Bertz CT molecular complexity index is 1560. The zero-order chi connectivity index (χ0) is 25.6. The number of hydroxylamine groups is 1. The predicted molar refractivity (Wildman–Crippen MR) is 129 cm³/mol. The number of nitrogens with zero attached hydrogens (tertiary/aromatic N) is 4. The van der Waals surface area contributed by atoms with Crippen LogP contribution in [0.5, 0.6) is 0 Å². The maximum Gasteiger partial charge on any atom is 0.433 e. The number of anilines is 1. The first kappa shape index (κ1) is 23.5. The zero-order valence-corrected chi connectivity index (χ0v) is 19.5. The van der Waals surface area contributed by atoms with Crippen LogP contribution in [0.15, 0.2) is 64.6 Å². The van der Waals surface area contributed by atoms with Crippen molar-refractivity contribution in [3.63, 3.8) is 0 Å². The highest BCUT2D eigenvalue weighted by Gasteiger charge is 2.32. The van der Waals surface area contributed by atoms with Crippen LogP contribution < -0.4 is 16.4 Å². The van der Waals surface area contributed by atoms with Gasteiger partial charge in [-0.15, -0.1) is 0 Å². The van der Waals surface area contributed by atoms with Crippen LogP contribution in [0.25, 0.3) is 22.0 Å². The summed E-state index contributed by atoms with van der Waals surface area (Å²) in [5, 5.41) is 3.93. The number of hydrogen-bond acceptors (Lipinski definition) is 7. The Hall–Kier alpha value is -4.25. The molecule has 1 aromatic carbocycles. The van der Waals surface area contributed by atoms with E-state index < -0.39 is 18.1 Å². The Morgan fingerprint density at radius 3 is 2.56 bits per heavy atom. The molecular weight excluding hydrogens is 473 g/mol. The molecule has 0 spiro atoms. The SMILES string of the molecule is Cc1cc2c(cn1)cc(-c1cc(NC3=NC(c4ccc(C(F)(F)F)nc4)ON3)ccc1C)c(=O)n2C. The molecule has 0 bridgehead atoms. The molecule has 4 heterocycles. The Balaban J connectivity index is 1.42. The van der Waals surface area contributed by atoms with Gasteiger partial charge in [0, 0.05) is 47.3 Å². The van der Waals surface area contributed by atoms with Crippen LogP contribution in [0.4, 0.5) is 18.9 Å². The van der Waals surface area contributed by atoms with Crippen LogP contribution in [0, 0.1) is 13.8 Å². The van der Waals surface area contributed by atoms with Crippen molar-refractivity contribution in [2.45, 2.75) is 26.3 Å². The highest BCUT2D eigenvalue weighted by molar-refractivity contribution is 5.95. The van der Waals surface area contributed by atoms with Gasteiger partial charge in [-0.25, -0.2) is 15.3 Å². The maximum absolute atomic E-state index is 13.2. The van der Waals surface area contributed by atoms with Crippen LogP contribution in [0.1, 0.15) is 28.7 Å². The van der Waals surface area contributed by atoms with Gasteiger partial charge < -0.3 is 9.88 Å². The van der Waals surface area contributed by atoms with Crippen molar-refractivity contribution in [2.24, 2.45) is 12.0 Å². The summed E-state index contributed by atoms with van der Waals surface area (Å²) in [6, 6.07) is 11.4. The minimum absolute atomic E-state index is 0.136. The first-order valence-corrected chi connectivity index (χ1v) is 11.0. The molecule has 36 heavy (non-hydrogen) atoms. The summed E-state index contributed by atoms with van der Waals surface area (Å²) in [7, 11) is 1.73. The van der Waals surface area contributed by atoms with Gasteiger partial charge in [-0.1, -0.05) is 12.1 Å². The number of pyridine rings is 3. The zero-order valence-electron chi connectivity index (χ0n) is 19.5. The molecule has 0 saturated heterocycles. The first-order valence-electron chi connectivity index (χ1n) is 11.0. The second kappa shape index (κ2) is 8.76. The van der Waals surface area contributed by atoms with E-state index in [0.29, 0.717) is 16.8 Å². The molecule has 1 aliphatic heterocycles. The van der Waals surface area contributed by atoms with Crippen LogP contribution in [-0.4, -0.2) is 20.5 Å². The molecule has 0 amide bonds. The smallest absolute Gasteiger partial charge is 0.325 e. The summed E-state index contributed by atoms with van der Waals surface area (Å²) in [4.78, 5) is 30.7. The standard InChI is InChI=1S/C25H21F3N6O2/c1-13-4-6-17(10-18(13)19-9-16-12-29-14(2)8-20(16)34(3)23(19)35)31-24-32-22(36-33-24)15-5-7-21(30-11-15)25(26,27)28/h4-12,22H,1-3H3,(H2,31,32,33). The normalized spacial score (nSPS) is 15.6.